The molecule has 25 heavy (non-hydrogen) atoms. The number of rotatable bonds is 4. The molecule has 0 bridgehead atoms. The van der Waals surface area contributed by atoms with Gasteiger partial charge in [-0.3, -0.25) is 0 Å². The molecule has 0 aromatic heterocycles. The van der Waals surface area contributed by atoms with Crippen LogP contribution in [0.2, 0.25) is 0 Å². The maximum Gasteiger partial charge on any atom is 0.319 e. The molecular weight excluding hydrogens is 316 g/mol. The molecule has 134 valence electrons. The first kappa shape index (κ1) is 17.7. The molecule has 6 heteroatoms. The lowest BCUT2D eigenvalue weighted by molar-refractivity contribution is 0.0633. The van der Waals surface area contributed by atoms with E-state index in [2.05, 4.69) is 21.6 Å². The monoisotopic (exact) mass is 342 g/mol. The Labute approximate surface area is 149 Å². The highest BCUT2D eigenvalue weighted by atomic mass is 16.5. The van der Waals surface area contributed by atoms with Crippen molar-refractivity contribution in [3.63, 3.8) is 0 Å². The standard InChI is InChI=1S/C19H26N4O2/c1-14-4-5-17(11-15(14)12-20)22-19(24)21-16-6-8-23(9-7-16)13-18-3-2-10-25-18/h4-5,11,16,18H,2-3,6-10,13H2,1H3,(H2,21,22,24)/t18-/m0/s1. The molecule has 2 fully saturated rings. The number of nitrogens with zero attached hydrogens (tertiary/aromatic N) is 2. The van der Waals surface area contributed by atoms with Crippen LogP contribution in [0.25, 0.3) is 0 Å². The van der Waals surface area contributed by atoms with Gasteiger partial charge in [0.2, 0.25) is 0 Å². The third kappa shape index (κ3) is 4.94. The maximum absolute atomic E-state index is 12.2. The van der Waals surface area contributed by atoms with E-state index in [1.54, 1.807) is 6.07 Å². The molecule has 0 radical (unpaired) electrons. The lowest BCUT2D eigenvalue weighted by atomic mass is 10.0. The lowest BCUT2D eigenvalue weighted by Gasteiger charge is -2.33. The Morgan fingerprint density at radius 3 is 2.84 bits per heavy atom. The summed E-state index contributed by atoms with van der Waals surface area (Å²) in [6, 6.07) is 7.50. The first-order valence-electron chi connectivity index (χ1n) is 9.06. The van der Waals surface area contributed by atoms with Crippen LogP contribution < -0.4 is 10.6 Å². The lowest BCUT2D eigenvalue weighted by Crippen LogP contribution is -2.47. The molecule has 0 spiro atoms. The number of nitriles is 1. The van der Waals surface area contributed by atoms with Crippen LogP contribution >= 0.6 is 0 Å². The van der Waals surface area contributed by atoms with Crippen molar-refractivity contribution in [2.75, 3.05) is 31.6 Å². The van der Waals surface area contributed by atoms with Crippen molar-refractivity contribution < 1.29 is 9.53 Å². The Morgan fingerprint density at radius 1 is 1.36 bits per heavy atom. The average Bonchev–Trinajstić information content (AvgIpc) is 3.11. The third-order valence-electron chi connectivity index (χ3n) is 5.02. The Kier molecular flexibility index (Phi) is 5.90. The number of piperidine rings is 1. The molecule has 1 atom stereocenters. The first-order valence-corrected chi connectivity index (χ1v) is 9.06. The number of amides is 2. The smallest absolute Gasteiger partial charge is 0.319 e. The summed E-state index contributed by atoms with van der Waals surface area (Å²) in [5, 5.41) is 14.9. The summed E-state index contributed by atoms with van der Waals surface area (Å²) in [6.07, 6.45) is 4.65. The van der Waals surface area contributed by atoms with Gasteiger partial charge in [-0.15, -0.1) is 0 Å². The van der Waals surface area contributed by atoms with E-state index in [4.69, 9.17) is 10.00 Å². The Bertz CT molecular complexity index is 641. The summed E-state index contributed by atoms with van der Waals surface area (Å²) in [6.45, 7) is 5.78. The molecule has 0 aliphatic carbocycles. The highest BCUT2D eigenvalue weighted by Gasteiger charge is 2.24. The number of likely N-dealkylation sites (tertiary alicyclic amines) is 1. The molecule has 2 saturated heterocycles. The molecule has 2 amide bonds. The molecule has 2 aliphatic heterocycles. The van der Waals surface area contributed by atoms with E-state index in [-0.39, 0.29) is 12.1 Å². The number of ether oxygens (including phenoxy) is 1. The molecule has 0 saturated carbocycles. The van der Waals surface area contributed by atoms with Crippen LogP contribution in [0.3, 0.4) is 0 Å². The highest BCUT2D eigenvalue weighted by molar-refractivity contribution is 5.89. The predicted molar refractivity (Wildman–Crippen MR) is 96.5 cm³/mol. The molecule has 2 heterocycles. The van der Waals surface area contributed by atoms with Crippen molar-refractivity contribution in [2.45, 2.75) is 44.8 Å². The summed E-state index contributed by atoms with van der Waals surface area (Å²) in [5.74, 6) is 0. The maximum atomic E-state index is 12.2. The van der Waals surface area contributed by atoms with E-state index in [1.165, 1.54) is 12.8 Å². The molecule has 2 N–H and O–H groups in total. The number of hydrogen-bond acceptors (Lipinski definition) is 4. The highest BCUT2D eigenvalue weighted by Crippen LogP contribution is 2.18. The van der Waals surface area contributed by atoms with Crippen LogP contribution in [-0.2, 0) is 4.74 Å². The van der Waals surface area contributed by atoms with E-state index in [0.717, 1.165) is 44.6 Å². The summed E-state index contributed by atoms with van der Waals surface area (Å²) in [7, 11) is 0. The van der Waals surface area contributed by atoms with Crippen LogP contribution in [0.1, 0.15) is 36.8 Å². The van der Waals surface area contributed by atoms with Crippen LogP contribution in [0.15, 0.2) is 18.2 Å². The molecule has 3 rings (SSSR count). The van der Waals surface area contributed by atoms with Gasteiger partial charge in [0.25, 0.3) is 0 Å². The van der Waals surface area contributed by atoms with Crippen molar-refractivity contribution in [2.24, 2.45) is 0 Å². The second-order valence-electron chi connectivity index (χ2n) is 6.95. The Balaban J connectivity index is 1.42. The van der Waals surface area contributed by atoms with E-state index in [0.29, 0.717) is 17.4 Å². The first-order chi connectivity index (χ1) is 12.1. The van der Waals surface area contributed by atoms with Crippen molar-refractivity contribution in [3.8, 4) is 6.07 Å². The zero-order chi connectivity index (χ0) is 17.6. The van der Waals surface area contributed by atoms with E-state index >= 15 is 0 Å². The van der Waals surface area contributed by atoms with Gasteiger partial charge in [0.15, 0.2) is 0 Å². The van der Waals surface area contributed by atoms with Crippen molar-refractivity contribution in [1.82, 2.24) is 10.2 Å². The van der Waals surface area contributed by atoms with Crippen LogP contribution in [0.4, 0.5) is 10.5 Å². The van der Waals surface area contributed by atoms with Gasteiger partial charge in [-0.1, -0.05) is 6.07 Å². The molecule has 1 aromatic rings. The number of carbonyl (C=O) groups excluding carboxylic acids is 1. The van der Waals surface area contributed by atoms with Crippen molar-refractivity contribution in [1.29, 1.82) is 5.26 Å². The van der Waals surface area contributed by atoms with Crippen molar-refractivity contribution >= 4 is 11.7 Å². The SMILES string of the molecule is Cc1ccc(NC(=O)NC2CCN(C[C@@H]3CCCO3)CC2)cc1C#N. The minimum atomic E-state index is -0.203. The Morgan fingerprint density at radius 2 is 2.16 bits per heavy atom. The van der Waals surface area contributed by atoms with E-state index in [1.807, 2.05) is 19.1 Å². The fraction of sp³-hybridized carbons (Fsp3) is 0.579. The number of aryl methyl sites for hydroxylation is 1. The van der Waals surface area contributed by atoms with Crippen LogP contribution in [0, 0.1) is 18.3 Å². The number of nitrogens with one attached hydrogen (secondary N) is 2. The minimum Gasteiger partial charge on any atom is -0.377 e. The van der Waals surface area contributed by atoms with Crippen LogP contribution in [-0.4, -0.2) is 49.3 Å². The number of anilines is 1. The summed E-state index contributed by atoms with van der Waals surface area (Å²) in [5.41, 5.74) is 2.14. The molecule has 6 nitrogen and oxygen atoms in total. The zero-order valence-electron chi connectivity index (χ0n) is 14.8. The second kappa shape index (κ2) is 8.32. The largest absolute Gasteiger partial charge is 0.377 e. The quantitative estimate of drug-likeness (QED) is 0.882. The van der Waals surface area contributed by atoms with Gasteiger partial charge in [-0.05, 0) is 50.3 Å². The second-order valence-corrected chi connectivity index (χ2v) is 6.95. The van der Waals surface area contributed by atoms with E-state index < -0.39 is 0 Å². The summed E-state index contributed by atoms with van der Waals surface area (Å²) < 4.78 is 5.70. The molecule has 0 unspecified atom stereocenters. The third-order valence-corrected chi connectivity index (χ3v) is 5.02. The van der Waals surface area contributed by atoms with Gasteiger partial charge < -0.3 is 20.3 Å². The Hall–Kier alpha value is -2.10. The van der Waals surface area contributed by atoms with Crippen molar-refractivity contribution in [3.05, 3.63) is 29.3 Å². The fourth-order valence-corrected chi connectivity index (χ4v) is 3.51. The van der Waals surface area contributed by atoms with Gasteiger partial charge in [-0.25, -0.2) is 4.79 Å². The number of hydrogen-bond donors (Lipinski definition) is 2. The molecular formula is C19H26N4O2. The van der Waals surface area contributed by atoms with E-state index in [9.17, 15) is 4.79 Å². The topological polar surface area (TPSA) is 77.4 Å². The van der Waals surface area contributed by atoms with Gasteiger partial charge >= 0.3 is 6.03 Å². The zero-order valence-corrected chi connectivity index (χ0v) is 14.8. The summed E-state index contributed by atoms with van der Waals surface area (Å²) >= 11 is 0. The average molecular weight is 342 g/mol. The fourth-order valence-electron chi connectivity index (χ4n) is 3.51. The molecule has 2 aliphatic rings. The number of urea groups is 1. The van der Waals surface area contributed by atoms with Crippen LogP contribution in [0.5, 0.6) is 0 Å². The number of carbonyl (C=O) groups is 1. The summed E-state index contributed by atoms with van der Waals surface area (Å²) in [4.78, 5) is 14.6. The van der Waals surface area contributed by atoms with Gasteiger partial charge in [0.05, 0.1) is 17.7 Å². The van der Waals surface area contributed by atoms with Gasteiger partial charge in [0, 0.05) is 38.0 Å². The predicted octanol–water partition coefficient (Wildman–Crippen LogP) is 2.63. The van der Waals surface area contributed by atoms with Gasteiger partial charge in [-0.2, -0.15) is 5.26 Å². The number of benzene rings is 1. The normalized spacial score (nSPS) is 21.7. The minimum absolute atomic E-state index is 0.196. The molecule has 1 aromatic carbocycles. The van der Waals surface area contributed by atoms with Gasteiger partial charge in [0.1, 0.15) is 0 Å².